The highest BCUT2D eigenvalue weighted by atomic mass is 16.3. The maximum Gasteiger partial charge on any atom is 0.109 e. The molecule has 2 heteroatoms. The maximum absolute atomic E-state index is 10.2. The fourth-order valence-corrected chi connectivity index (χ4v) is 3.58. The Kier molecular flexibility index (Phi) is 3.03. The van der Waals surface area contributed by atoms with E-state index in [4.69, 9.17) is 0 Å². The maximum atomic E-state index is 10.2. The van der Waals surface area contributed by atoms with E-state index >= 15 is 0 Å². The normalized spacial score (nSPS) is 20.5. The molecule has 1 aliphatic carbocycles. The van der Waals surface area contributed by atoms with E-state index in [-0.39, 0.29) is 0 Å². The summed E-state index contributed by atoms with van der Waals surface area (Å²) in [6, 6.07) is 14.6. The summed E-state index contributed by atoms with van der Waals surface area (Å²) in [7, 11) is 0. The Bertz CT molecular complexity index is 908. The van der Waals surface area contributed by atoms with Gasteiger partial charge in [-0.15, -0.1) is 0 Å². The summed E-state index contributed by atoms with van der Waals surface area (Å²) in [6.45, 7) is 2.18. The fraction of sp³-hybridized carbons (Fsp3) is 0.200. The smallest absolute Gasteiger partial charge is 0.109 e. The molecule has 0 spiro atoms. The SMILES string of the molecule is CCc1c2ccccc2cc2c3c(ccc12)[C@H](O)[C@@H](O)C=C3. The third-order valence-electron chi connectivity index (χ3n) is 4.69. The highest BCUT2D eigenvalue weighted by Crippen LogP contribution is 2.37. The van der Waals surface area contributed by atoms with Crippen LogP contribution >= 0.6 is 0 Å². The average molecular weight is 290 g/mol. The van der Waals surface area contributed by atoms with Crippen molar-refractivity contribution in [1.29, 1.82) is 0 Å². The number of rotatable bonds is 1. The van der Waals surface area contributed by atoms with E-state index < -0.39 is 12.2 Å². The van der Waals surface area contributed by atoms with Crippen LogP contribution in [-0.2, 0) is 6.42 Å². The minimum Gasteiger partial charge on any atom is -0.386 e. The molecule has 0 fully saturated rings. The minimum absolute atomic E-state index is 0.805. The van der Waals surface area contributed by atoms with E-state index in [1.165, 1.54) is 21.7 Å². The van der Waals surface area contributed by atoms with Crippen LogP contribution in [0.4, 0.5) is 0 Å². The van der Waals surface area contributed by atoms with Crippen molar-refractivity contribution >= 4 is 27.6 Å². The average Bonchev–Trinajstić information content (AvgIpc) is 2.55. The van der Waals surface area contributed by atoms with Crippen LogP contribution in [0.3, 0.4) is 0 Å². The van der Waals surface area contributed by atoms with Crippen LogP contribution in [0, 0.1) is 0 Å². The van der Waals surface area contributed by atoms with Gasteiger partial charge in [0.25, 0.3) is 0 Å². The third kappa shape index (κ3) is 1.81. The van der Waals surface area contributed by atoms with Crippen LogP contribution in [0.15, 0.2) is 48.5 Å². The lowest BCUT2D eigenvalue weighted by Crippen LogP contribution is -2.19. The molecule has 0 heterocycles. The molecule has 0 saturated carbocycles. The molecule has 0 aliphatic heterocycles. The monoisotopic (exact) mass is 290 g/mol. The number of hydrogen-bond donors (Lipinski definition) is 2. The summed E-state index contributed by atoms with van der Waals surface area (Å²) in [5, 5.41) is 24.9. The first kappa shape index (κ1) is 13.5. The van der Waals surface area contributed by atoms with E-state index in [0.29, 0.717) is 0 Å². The Morgan fingerprint density at radius 1 is 0.955 bits per heavy atom. The third-order valence-corrected chi connectivity index (χ3v) is 4.69. The zero-order valence-electron chi connectivity index (χ0n) is 12.5. The van der Waals surface area contributed by atoms with Gasteiger partial charge < -0.3 is 10.2 Å². The van der Waals surface area contributed by atoms with E-state index in [1.807, 2.05) is 12.1 Å². The lowest BCUT2D eigenvalue weighted by atomic mass is 9.86. The van der Waals surface area contributed by atoms with E-state index in [9.17, 15) is 10.2 Å². The van der Waals surface area contributed by atoms with Crippen LogP contribution in [0.25, 0.3) is 27.6 Å². The molecule has 3 aromatic carbocycles. The first-order valence-corrected chi connectivity index (χ1v) is 7.72. The summed E-state index contributed by atoms with van der Waals surface area (Å²) < 4.78 is 0. The van der Waals surface area contributed by atoms with Gasteiger partial charge in [-0.1, -0.05) is 55.5 Å². The number of hydrogen-bond acceptors (Lipinski definition) is 2. The Balaban J connectivity index is 2.15. The second-order valence-electron chi connectivity index (χ2n) is 5.89. The molecule has 0 bridgehead atoms. The summed E-state index contributed by atoms with van der Waals surface area (Å²) in [5.41, 5.74) is 3.17. The Hall–Kier alpha value is -2.16. The van der Waals surface area contributed by atoms with Crippen molar-refractivity contribution in [2.75, 3.05) is 0 Å². The molecule has 0 unspecified atom stereocenters. The lowest BCUT2D eigenvalue weighted by molar-refractivity contribution is 0.0471. The molecule has 2 atom stereocenters. The van der Waals surface area contributed by atoms with Gasteiger partial charge in [0.15, 0.2) is 0 Å². The zero-order valence-corrected chi connectivity index (χ0v) is 12.5. The summed E-state index contributed by atoms with van der Waals surface area (Å²) >= 11 is 0. The van der Waals surface area contributed by atoms with Gasteiger partial charge in [0.05, 0.1) is 0 Å². The first-order valence-electron chi connectivity index (χ1n) is 7.72. The molecule has 0 radical (unpaired) electrons. The number of aliphatic hydroxyl groups excluding tert-OH is 2. The predicted octanol–water partition coefficient (Wildman–Crippen LogP) is 3.98. The molecule has 0 amide bonds. The van der Waals surface area contributed by atoms with Crippen molar-refractivity contribution in [2.45, 2.75) is 25.6 Å². The summed E-state index contributed by atoms with van der Waals surface area (Å²) in [6.07, 6.45) is 2.90. The van der Waals surface area contributed by atoms with Gasteiger partial charge in [0, 0.05) is 0 Å². The van der Waals surface area contributed by atoms with E-state index in [2.05, 4.69) is 43.3 Å². The molecular formula is C20H18O2. The highest BCUT2D eigenvalue weighted by molar-refractivity contribution is 6.06. The number of benzene rings is 3. The predicted molar refractivity (Wildman–Crippen MR) is 90.8 cm³/mol. The van der Waals surface area contributed by atoms with Crippen LogP contribution in [0.1, 0.15) is 29.7 Å². The summed E-state index contributed by atoms with van der Waals surface area (Å²) in [4.78, 5) is 0. The summed E-state index contributed by atoms with van der Waals surface area (Å²) in [5.74, 6) is 0. The van der Waals surface area contributed by atoms with Crippen molar-refractivity contribution in [3.63, 3.8) is 0 Å². The van der Waals surface area contributed by atoms with Crippen molar-refractivity contribution in [2.24, 2.45) is 0 Å². The Morgan fingerprint density at radius 3 is 2.59 bits per heavy atom. The number of aryl methyl sites for hydroxylation is 1. The van der Waals surface area contributed by atoms with Crippen molar-refractivity contribution < 1.29 is 10.2 Å². The Labute approximate surface area is 129 Å². The fourth-order valence-electron chi connectivity index (χ4n) is 3.58. The van der Waals surface area contributed by atoms with Gasteiger partial charge in [-0.2, -0.15) is 0 Å². The number of aliphatic hydroxyl groups is 2. The van der Waals surface area contributed by atoms with Gasteiger partial charge in [-0.25, -0.2) is 0 Å². The Morgan fingerprint density at radius 2 is 1.77 bits per heavy atom. The standard InChI is InChI=1S/C20H18O2/c1-2-13-14-6-4-3-5-12(14)11-18-15(13)7-8-17-16(18)9-10-19(21)20(17)22/h3-11,19-22H,2H2,1H3/t19-,20-/m0/s1. The molecule has 0 saturated heterocycles. The van der Waals surface area contributed by atoms with Gasteiger partial charge in [0.2, 0.25) is 0 Å². The molecule has 110 valence electrons. The molecule has 0 aromatic heterocycles. The molecule has 22 heavy (non-hydrogen) atoms. The highest BCUT2D eigenvalue weighted by Gasteiger charge is 2.24. The van der Waals surface area contributed by atoms with Crippen molar-refractivity contribution in [3.05, 3.63) is 65.2 Å². The number of fused-ring (bicyclic) bond motifs is 4. The van der Waals surface area contributed by atoms with E-state index in [1.54, 1.807) is 6.08 Å². The zero-order chi connectivity index (χ0) is 15.3. The quantitative estimate of drug-likeness (QED) is 0.666. The van der Waals surface area contributed by atoms with E-state index in [0.717, 1.165) is 22.9 Å². The second-order valence-corrected chi connectivity index (χ2v) is 5.89. The second kappa shape index (κ2) is 4.94. The largest absolute Gasteiger partial charge is 0.386 e. The van der Waals surface area contributed by atoms with Crippen LogP contribution in [-0.4, -0.2) is 16.3 Å². The molecule has 3 aromatic rings. The van der Waals surface area contributed by atoms with Crippen LogP contribution < -0.4 is 0 Å². The van der Waals surface area contributed by atoms with Crippen molar-refractivity contribution in [1.82, 2.24) is 0 Å². The molecular weight excluding hydrogens is 272 g/mol. The van der Waals surface area contributed by atoms with Gasteiger partial charge in [-0.3, -0.25) is 0 Å². The molecule has 2 nitrogen and oxygen atoms in total. The minimum atomic E-state index is -0.846. The molecule has 1 aliphatic rings. The lowest BCUT2D eigenvalue weighted by Gasteiger charge is -2.24. The van der Waals surface area contributed by atoms with Gasteiger partial charge in [0.1, 0.15) is 12.2 Å². The van der Waals surface area contributed by atoms with Gasteiger partial charge >= 0.3 is 0 Å². The van der Waals surface area contributed by atoms with Crippen LogP contribution in [0.2, 0.25) is 0 Å². The first-order chi connectivity index (χ1) is 10.7. The molecule has 2 N–H and O–H groups in total. The van der Waals surface area contributed by atoms with Crippen LogP contribution in [0.5, 0.6) is 0 Å². The van der Waals surface area contributed by atoms with Crippen molar-refractivity contribution in [3.8, 4) is 0 Å². The van der Waals surface area contributed by atoms with Gasteiger partial charge in [-0.05, 0) is 50.7 Å². The topological polar surface area (TPSA) is 40.5 Å². The molecule has 4 rings (SSSR count).